The Kier molecular flexibility index (Phi) is 2.80. The number of nitrogens with zero attached hydrogens (tertiary/aromatic N) is 4. The van der Waals surface area contributed by atoms with Crippen LogP contribution in [0.25, 0.3) is 0 Å². The molecule has 1 aliphatic heterocycles. The molecule has 0 aromatic carbocycles. The normalized spacial score (nSPS) is 22.4. The van der Waals surface area contributed by atoms with Gasteiger partial charge in [0.25, 0.3) is 0 Å². The van der Waals surface area contributed by atoms with Gasteiger partial charge in [0.05, 0.1) is 0 Å². The molecule has 1 saturated heterocycles. The summed E-state index contributed by atoms with van der Waals surface area (Å²) >= 11 is 1.61. The van der Waals surface area contributed by atoms with Crippen LogP contribution < -0.4 is 0 Å². The van der Waals surface area contributed by atoms with Gasteiger partial charge in [-0.05, 0) is 30.2 Å². The van der Waals surface area contributed by atoms with Crippen LogP contribution in [0.1, 0.15) is 19.8 Å². The minimum absolute atomic E-state index is 0.247. The molecule has 0 aliphatic carbocycles. The smallest absolute Gasteiger partial charge is 0.211 e. The second-order valence-electron chi connectivity index (χ2n) is 2.84. The monoisotopic (exact) mass is 200 g/mol. The molecular formula is C7H12N4OS. The molecule has 0 bridgehead atoms. The van der Waals surface area contributed by atoms with Gasteiger partial charge in [0.2, 0.25) is 5.16 Å². The van der Waals surface area contributed by atoms with Crippen LogP contribution in [0.15, 0.2) is 5.16 Å². The van der Waals surface area contributed by atoms with Gasteiger partial charge in [-0.1, -0.05) is 11.8 Å². The van der Waals surface area contributed by atoms with Crippen molar-refractivity contribution < 1.29 is 4.74 Å². The van der Waals surface area contributed by atoms with Gasteiger partial charge in [-0.2, -0.15) is 0 Å². The summed E-state index contributed by atoms with van der Waals surface area (Å²) in [4.78, 5) is 0. The Morgan fingerprint density at radius 1 is 1.69 bits per heavy atom. The Morgan fingerprint density at radius 2 is 2.62 bits per heavy atom. The molecule has 1 aromatic rings. The largest absolute Gasteiger partial charge is 0.367 e. The highest BCUT2D eigenvalue weighted by atomic mass is 32.2. The highest BCUT2D eigenvalue weighted by molar-refractivity contribution is 7.99. The van der Waals surface area contributed by atoms with Crippen LogP contribution in [-0.4, -0.2) is 32.3 Å². The van der Waals surface area contributed by atoms with Gasteiger partial charge in [-0.15, -0.1) is 5.10 Å². The Balaban J connectivity index is 1.99. The average Bonchev–Trinajstić information content (AvgIpc) is 2.76. The lowest BCUT2D eigenvalue weighted by Gasteiger charge is -2.06. The number of rotatable bonds is 3. The van der Waals surface area contributed by atoms with Gasteiger partial charge < -0.3 is 4.74 Å². The van der Waals surface area contributed by atoms with E-state index in [9.17, 15) is 0 Å². The fraction of sp³-hybridized carbons (Fsp3) is 0.857. The third-order valence-corrected chi connectivity index (χ3v) is 3.06. The number of aromatic nitrogens is 4. The van der Waals surface area contributed by atoms with Crippen molar-refractivity contribution in [2.24, 2.45) is 0 Å². The van der Waals surface area contributed by atoms with E-state index in [0.717, 1.165) is 31.1 Å². The Labute approximate surface area is 80.8 Å². The first-order valence-electron chi connectivity index (χ1n) is 4.44. The van der Waals surface area contributed by atoms with E-state index in [1.807, 2.05) is 6.92 Å². The van der Waals surface area contributed by atoms with Gasteiger partial charge in [-0.25, -0.2) is 4.68 Å². The lowest BCUT2D eigenvalue weighted by molar-refractivity contribution is 0.173. The SMILES string of the molecule is CCn1nnnc1SC1CCCO1. The summed E-state index contributed by atoms with van der Waals surface area (Å²) in [5.41, 5.74) is 0.247. The number of thioether (sulfide) groups is 1. The Bertz CT molecular complexity index is 271. The zero-order valence-electron chi connectivity index (χ0n) is 7.51. The van der Waals surface area contributed by atoms with Gasteiger partial charge in [0.15, 0.2) is 0 Å². The highest BCUT2D eigenvalue weighted by Gasteiger charge is 2.19. The maximum absolute atomic E-state index is 5.48. The third-order valence-electron chi connectivity index (χ3n) is 1.92. The van der Waals surface area contributed by atoms with E-state index in [1.54, 1.807) is 16.4 Å². The molecule has 2 heterocycles. The summed E-state index contributed by atoms with van der Waals surface area (Å²) in [6, 6.07) is 0. The van der Waals surface area contributed by atoms with E-state index < -0.39 is 0 Å². The predicted molar refractivity (Wildman–Crippen MR) is 48.3 cm³/mol. The molecule has 0 saturated carbocycles. The van der Waals surface area contributed by atoms with Crippen molar-refractivity contribution in [2.75, 3.05) is 6.61 Å². The van der Waals surface area contributed by atoms with Crippen molar-refractivity contribution in [3.63, 3.8) is 0 Å². The molecule has 1 unspecified atom stereocenters. The fourth-order valence-corrected chi connectivity index (χ4v) is 2.29. The van der Waals surface area contributed by atoms with E-state index in [0.29, 0.717) is 0 Å². The van der Waals surface area contributed by atoms with Gasteiger partial charge in [-0.3, -0.25) is 0 Å². The van der Waals surface area contributed by atoms with Crippen LogP contribution >= 0.6 is 11.8 Å². The van der Waals surface area contributed by atoms with Gasteiger partial charge in [0, 0.05) is 13.2 Å². The van der Waals surface area contributed by atoms with Crippen molar-refractivity contribution in [1.29, 1.82) is 0 Å². The molecule has 0 amide bonds. The molecule has 0 spiro atoms. The lowest BCUT2D eigenvalue weighted by atomic mass is 10.4. The van der Waals surface area contributed by atoms with E-state index in [2.05, 4.69) is 15.5 Å². The summed E-state index contributed by atoms with van der Waals surface area (Å²) < 4.78 is 7.26. The molecule has 1 aliphatic rings. The molecule has 6 heteroatoms. The number of hydrogen-bond donors (Lipinski definition) is 0. The number of aryl methyl sites for hydroxylation is 1. The fourth-order valence-electron chi connectivity index (χ4n) is 1.24. The molecule has 5 nitrogen and oxygen atoms in total. The highest BCUT2D eigenvalue weighted by Crippen LogP contribution is 2.28. The van der Waals surface area contributed by atoms with Crippen LogP contribution in [0.4, 0.5) is 0 Å². The van der Waals surface area contributed by atoms with Crippen LogP contribution in [0.3, 0.4) is 0 Å². The lowest BCUT2D eigenvalue weighted by Crippen LogP contribution is -2.04. The number of tetrazole rings is 1. The van der Waals surface area contributed by atoms with Crippen LogP contribution in [0.2, 0.25) is 0 Å². The van der Waals surface area contributed by atoms with E-state index >= 15 is 0 Å². The van der Waals surface area contributed by atoms with Gasteiger partial charge >= 0.3 is 0 Å². The molecule has 1 atom stereocenters. The minimum Gasteiger partial charge on any atom is -0.367 e. The molecule has 1 fully saturated rings. The van der Waals surface area contributed by atoms with Gasteiger partial charge in [0.1, 0.15) is 5.44 Å². The first-order valence-corrected chi connectivity index (χ1v) is 5.32. The number of ether oxygens (including phenoxy) is 1. The molecular weight excluding hydrogens is 188 g/mol. The maximum Gasteiger partial charge on any atom is 0.211 e. The second kappa shape index (κ2) is 4.06. The van der Waals surface area contributed by atoms with Crippen molar-refractivity contribution in [3.05, 3.63) is 0 Å². The Morgan fingerprint density at radius 3 is 3.31 bits per heavy atom. The second-order valence-corrected chi connectivity index (χ2v) is 3.96. The summed E-state index contributed by atoms with van der Waals surface area (Å²) in [6.45, 7) is 3.70. The topological polar surface area (TPSA) is 52.8 Å². The quantitative estimate of drug-likeness (QED) is 0.726. The summed E-state index contributed by atoms with van der Waals surface area (Å²) in [5.74, 6) is 0. The molecule has 0 N–H and O–H groups in total. The first-order chi connectivity index (χ1) is 6.40. The van der Waals surface area contributed by atoms with Crippen LogP contribution in [0.5, 0.6) is 0 Å². The Hall–Kier alpha value is -0.620. The first kappa shape index (κ1) is 8.96. The minimum atomic E-state index is 0.247. The molecule has 0 radical (unpaired) electrons. The number of hydrogen-bond acceptors (Lipinski definition) is 5. The van der Waals surface area contributed by atoms with Crippen molar-refractivity contribution in [1.82, 2.24) is 20.2 Å². The molecule has 1 aromatic heterocycles. The average molecular weight is 200 g/mol. The van der Waals surface area contributed by atoms with Crippen molar-refractivity contribution in [2.45, 2.75) is 36.9 Å². The molecule has 13 heavy (non-hydrogen) atoms. The zero-order chi connectivity index (χ0) is 9.10. The van der Waals surface area contributed by atoms with E-state index in [1.165, 1.54) is 0 Å². The molecule has 72 valence electrons. The third kappa shape index (κ3) is 2.00. The van der Waals surface area contributed by atoms with Crippen LogP contribution in [-0.2, 0) is 11.3 Å². The van der Waals surface area contributed by atoms with Crippen molar-refractivity contribution >= 4 is 11.8 Å². The maximum atomic E-state index is 5.48. The van der Waals surface area contributed by atoms with Crippen molar-refractivity contribution in [3.8, 4) is 0 Å². The predicted octanol–water partition coefficient (Wildman–Crippen LogP) is 0.922. The van der Waals surface area contributed by atoms with E-state index in [-0.39, 0.29) is 5.44 Å². The molecule has 2 rings (SSSR count). The summed E-state index contributed by atoms with van der Waals surface area (Å²) in [6.07, 6.45) is 2.24. The van der Waals surface area contributed by atoms with E-state index in [4.69, 9.17) is 4.74 Å². The summed E-state index contributed by atoms with van der Waals surface area (Å²) in [5, 5.41) is 12.3. The van der Waals surface area contributed by atoms with Crippen LogP contribution in [0, 0.1) is 0 Å². The standard InChI is InChI=1S/C7H12N4OS/c1-2-11-7(8-9-10-11)13-6-4-3-5-12-6/h6H,2-5H2,1H3. The summed E-state index contributed by atoms with van der Waals surface area (Å²) in [7, 11) is 0. The zero-order valence-corrected chi connectivity index (χ0v) is 8.33.